The third-order valence-corrected chi connectivity index (χ3v) is 3.72. The summed E-state index contributed by atoms with van der Waals surface area (Å²) in [7, 11) is 1.11. The minimum Gasteiger partial charge on any atom is -0.367 e. The van der Waals surface area contributed by atoms with Crippen molar-refractivity contribution in [2.24, 2.45) is 0 Å². The Hall–Kier alpha value is -1.60. The van der Waals surface area contributed by atoms with Crippen LogP contribution in [0.1, 0.15) is 20.3 Å². The zero-order valence-electron chi connectivity index (χ0n) is 13.2. The number of amides is 2. The molecule has 7 nitrogen and oxygen atoms in total. The summed E-state index contributed by atoms with van der Waals surface area (Å²) >= 11 is 0. The molecule has 0 saturated carbocycles. The van der Waals surface area contributed by atoms with Crippen LogP contribution in [0.3, 0.4) is 0 Å². The number of alkyl halides is 6. The average Bonchev–Trinajstić information content (AvgIpc) is 2.42. The van der Waals surface area contributed by atoms with Crippen LogP contribution in [0, 0.1) is 0 Å². The molecule has 1 aliphatic rings. The molecule has 2 amide bonds. The fourth-order valence-electron chi connectivity index (χ4n) is 2.30. The van der Waals surface area contributed by atoms with Crippen molar-refractivity contribution in [3.05, 3.63) is 0 Å². The predicted molar refractivity (Wildman–Crippen MR) is 67.7 cm³/mol. The Morgan fingerprint density at radius 1 is 1.16 bits per heavy atom. The first-order chi connectivity index (χ1) is 11.0. The van der Waals surface area contributed by atoms with Crippen LogP contribution in [0.15, 0.2) is 0 Å². The van der Waals surface area contributed by atoms with E-state index in [-0.39, 0.29) is 0 Å². The van der Waals surface area contributed by atoms with Crippen LogP contribution in [0.2, 0.25) is 0 Å². The molecular weight excluding hydrogens is 366 g/mol. The van der Waals surface area contributed by atoms with Gasteiger partial charge in [0, 0.05) is 13.5 Å². The van der Waals surface area contributed by atoms with Crippen LogP contribution in [0.4, 0.5) is 26.3 Å². The van der Waals surface area contributed by atoms with Gasteiger partial charge in [-0.05, 0) is 13.8 Å². The van der Waals surface area contributed by atoms with Gasteiger partial charge in [0.05, 0.1) is 6.04 Å². The SMILES string of the molecule is CO[C@@]1(C)C[C@H](NC(=O)C(F)(F)F)[C@@](O)(NC(=O)C(F)(F)F)[C@H](C)O1. The summed E-state index contributed by atoms with van der Waals surface area (Å²) in [5.41, 5.74) is -2.97. The molecule has 1 saturated heterocycles. The van der Waals surface area contributed by atoms with Gasteiger partial charge in [-0.25, -0.2) is 0 Å². The first-order valence-corrected chi connectivity index (χ1v) is 6.77. The highest BCUT2D eigenvalue weighted by molar-refractivity contribution is 5.83. The number of carbonyl (C=O) groups is 2. The van der Waals surface area contributed by atoms with Gasteiger partial charge in [0.25, 0.3) is 0 Å². The van der Waals surface area contributed by atoms with Crippen molar-refractivity contribution in [3.63, 3.8) is 0 Å². The summed E-state index contributed by atoms with van der Waals surface area (Å²) in [6.45, 7) is 2.24. The van der Waals surface area contributed by atoms with Gasteiger partial charge in [-0.1, -0.05) is 0 Å². The molecule has 0 radical (unpaired) electrons. The molecule has 0 aliphatic carbocycles. The highest BCUT2D eigenvalue weighted by atomic mass is 19.4. The van der Waals surface area contributed by atoms with E-state index in [1.807, 2.05) is 0 Å². The van der Waals surface area contributed by atoms with E-state index < -0.39 is 54.2 Å². The van der Waals surface area contributed by atoms with E-state index in [1.165, 1.54) is 17.6 Å². The van der Waals surface area contributed by atoms with Gasteiger partial charge in [-0.2, -0.15) is 26.3 Å². The van der Waals surface area contributed by atoms with Gasteiger partial charge in [0.2, 0.25) is 0 Å². The van der Waals surface area contributed by atoms with E-state index in [0.717, 1.165) is 14.0 Å². The Morgan fingerprint density at radius 2 is 1.64 bits per heavy atom. The average molecular weight is 382 g/mol. The first-order valence-electron chi connectivity index (χ1n) is 6.77. The summed E-state index contributed by atoms with van der Waals surface area (Å²) in [4.78, 5) is 22.3. The van der Waals surface area contributed by atoms with E-state index in [1.54, 1.807) is 0 Å². The van der Waals surface area contributed by atoms with E-state index >= 15 is 0 Å². The number of hydrogen-bond acceptors (Lipinski definition) is 5. The fourth-order valence-corrected chi connectivity index (χ4v) is 2.30. The lowest BCUT2D eigenvalue weighted by atomic mass is 9.88. The Labute approximate surface area is 137 Å². The number of ether oxygens (including phenoxy) is 2. The van der Waals surface area contributed by atoms with Crippen molar-refractivity contribution < 1.29 is 50.5 Å². The maximum atomic E-state index is 12.5. The van der Waals surface area contributed by atoms with Crippen LogP contribution >= 0.6 is 0 Å². The van der Waals surface area contributed by atoms with Gasteiger partial charge < -0.3 is 25.2 Å². The van der Waals surface area contributed by atoms with Crippen molar-refractivity contribution in [2.75, 3.05) is 7.11 Å². The third kappa shape index (κ3) is 4.73. The standard InChI is InChI=1S/C12H16F6N2O5/c1-5-10(23,20-8(22)12(16,17)18)6(4-9(2,24-3)25-5)19-7(21)11(13,14)15/h5-6,23H,4H2,1-3H3,(H,19,21)(H,20,22)/t5-,6-,9+,10+/m0/s1. The molecule has 1 aliphatic heterocycles. The predicted octanol–water partition coefficient (Wildman–Crippen LogP) is 0.572. The van der Waals surface area contributed by atoms with Crippen molar-refractivity contribution >= 4 is 11.8 Å². The fraction of sp³-hybridized carbons (Fsp3) is 0.833. The van der Waals surface area contributed by atoms with Crippen molar-refractivity contribution in [1.82, 2.24) is 10.6 Å². The number of halogens is 6. The summed E-state index contributed by atoms with van der Waals surface area (Å²) < 4.78 is 84.8. The Morgan fingerprint density at radius 3 is 2.04 bits per heavy atom. The molecule has 4 atom stereocenters. The van der Waals surface area contributed by atoms with Crippen molar-refractivity contribution in [1.29, 1.82) is 0 Å². The molecule has 0 spiro atoms. The molecule has 146 valence electrons. The van der Waals surface area contributed by atoms with E-state index in [2.05, 4.69) is 0 Å². The first kappa shape index (κ1) is 21.4. The lowest BCUT2D eigenvalue weighted by Gasteiger charge is -2.50. The molecular formula is C12H16F6N2O5. The molecule has 25 heavy (non-hydrogen) atoms. The Balaban J connectivity index is 3.20. The number of carbonyl (C=O) groups excluding carboxylic acids is 2. The van der Waals surface area contributed by atoms with E-state index in [9.17, 15) is 41.0 Å². The molecule has 0 aromatic heterocycles. The summed E-state index contributed by atoms with van der Waals surface area (Å²) in [5, 5.41) is 12.9. The number of aliphatic hydroxyl groups is 1. The second-order valence-electron chi connectivity index (χ2n) is 5.60. The number of methoxy groups -OCH3 is 1. The minimum atomic E-state index is -5.42. The smallest absolute Gasteiger partial charge is 0.367 e. The second kappa shape index (κ2) is 6.61. The topological polar surface area (TPSA) is 96.9 Å². The van der Waals surface area contributed by atoms with Gasteiger partial charge >= 0.3 is 24.2 Å². The zero-order chi connectivity index (χ0) is 19.8. The highest BCUT2D eigenvalue weighted by Gasteiger charge is 2.57. The molecule has 1 heterocycles. The largest absolute Gasteiger partial charge is 0.471 e. The number of nitrogens with one attached hydrogen (secondary N) is 2. The molecule has 0 unspecified atom stereocenters. The van der Waals surface area contributed by atoms with Crippen molar-refractivity contribution in [3.8, 4) is 0 Å². The summed E-state index contributed by atoms with van der Waals surface area (Å²) in [5.74, 6) is -6.75. The summed E-state index contributed by atoms with van der Waals surface area (Å²) in [6.07, 6.45) is -13.1. The van der Waals surface area contributed by atoms with Crippen LogP contribution in [0.25, 0.3) is 0 Å². The maximum absolute atomic E-state index is 12.5. The summed E-state index contributed by atoms with van der Waals surface area (Å²) in [6, 6.07) is -1.98. The van der Waals surface area contributed by atoms with E-state index in [0.29, 0.717) is 0 Å². The molecule has 0 aromatic carbocycles. The third-order valence-electron chi connectivity index (χ3n) is 3.72. The lowest BCUT2D eigenvalue weighted by molar-refractivity contribution is -0.312. The molecule has 13 heteroatoms. The molecule has 0 bridgehead atoms. The maximum Gasteiger partial charge on any atom is 0.471 e. The van der Waals surface area contributed by atoms with Crippen LogP contribution in [-0.2, 0) is 19.1 Å². The number of hydrogen-bond donors (Lipinski definition) is 3. The Kier molecular flexibility index (Phi) is 5.67. The number of rotatable bonds is 3. The molecule has 0 aromatic rings. The van der Waals surface area contributed by atoms with Gasteiger partial charge in [-0.3, -0.25) is 9.59 Å². The lowest BCUT2D eigenvalue weighted by Crippen LogP contribution is -2.74. The normalized spacial score (nSPS) is 33.7. The van der Waals surface area contributed by atoms with Gasteiger partial charge in [-0.15, -0.1) is 0 Å². The quantitative estimate of drug-likeness (QED) is 0.490. The zero-order valence-corrected chi connectivity index (χ0v) is 13.2. The Bertz CT molecular complexity index is 539. The highest BCUT2D eigenvalue weighted by Crippen LogP contribution is 2.36. The van der Waals surface area contributed by atoms with E-state index in [4.69, 9.17) is 9.47 Å². The van der Waals surface area contributed by atoms with Crippen LogP contribution < -0.4 is 10.6 Å². The van der Waals surface area contributed by atoms with Crippen LogP contribution in [-0.4, -0.2) is 60.0 Å². The second-order valence-corrected chi connectivity index (χ2v) is 5.60. The van der Waals surface area contributed by atoms with Gasteiger partial charge in [0.15, 0.2) is 11.5 Å². The minimum absolute atomic E-state index is 0.676. The van der Waals surface area contributed by atoms with Crippen LogP contribution in [0.5, 0.6) is 0 Å². The molecule has 1 fully saturated rings. The van der Waals surface area contributed by atoms with Crippen molar-refractivity contribution in [2.45, 2.75) is 56.3 Å². The molecule has 1 rings (SSSR count). The monoisotopic (exact) mass is 382 g/mol. The molecule has 3 N–H and O–H groups in total. The van der Waals surface area contributed by atoms with Gasteiger partial charge in [0.1, 0.15) is 6.10 Å².